The number of carbonyl (C=O) groups excluding carboxylic acids is 1. The predicted octanol–water partition coefficient (Wildman–Crippen LogP) is 3.48. The van der Waals surface area contributed by atoms with Crippen molar-refractivity contribution in [3.05, 3.63) is 47.5 Å². The Morgan fingerprint density at radius 2 is 1.52 bits per heavy atom. The molecule has 4 heteroatoms. The molecule has 0 unspecified atom stereocenters. The molecular formula is C17H19NO2S. The Kier molecular flexibility index (Phi) is 3.02. The molecule has 0 fully saturated rings. The largest absolute Gasteiger partial charge is 0.508 e. The van der Waals surface area contributed by atoms with Crippen molar-refractivity contribution in [1.82, 2.24) is 0 Å². The Balaban J connectivity index is 2.30. The van der Waals surface area contributed by atoms with Crippen LogP contribution >= 0.6 is 10.0 Å². The second-order valence-corrected chi connectivity index (χ2v) is 9.44. The van der Waals surface area contributed by atoms with Crippen LogP contribution in [0.15, 0.2) is 46.2 Å². The zero-order chi connectivity index (χ0) is 15.4. The van der Waals surface area contributed by atoms with Crippen LogP contribution in [0.3, 0.4) is 0 Å². The number of hydrogen-bond donors (Lipinski definition) is 1. The summed E-state index contributed by atoms with van der Waals surface area (Å²) in [6, 6.07) is 11.1. The van der Waals surface area contributed by atoms with Gasteiger partial charge in [0.2, 0.25) is 0 Å². The molecule has 21 heavy (non-hydrogen) atoms. The van der Waals surface area contributed by atoms with Crippen LogP contribution in [-0.2, 0) is 0 Å². The molecule has 2 aromatic rings. The minimum atomic E-state index is -1.32. The number of phenols is 1. The van der Waals surface area contributed by atoms with Crippen LogP contribution in [0.25, 0.3) is 0 Å². The highest BCUT2D eigenvalue weighted by atomic mass is 32.3. The summed E-state index contributed by atoms with van der Waals surface area (Å²) < 4.78 is 0. The highest BCUT2D eigenvalue weighted by Gasteiger charge is 2.34. The summed E-state index contributed by atoms with van der Waals surface area (Å²) in [7, 11) is 2.67. The third-order valence-corrected chi connectivity index (χ3v) is 6.91. The maximum absolute atomic E-state index is 12.7. The van der Waals surface area contributed by atoms with Gasteiger partial charge in [-0.25, -0.2) is 0 Å². The van der Waals surface area contributed by atoms with E-state index < -0.39 is 10.0 Å². The summed E-state index contributed by atoms with van der Waals surface area (Å²) in [6.45, 7) is 0. The number of phenolic OH excluding ortho intramolecular Hbond substituents is 1. The average Bonchev–Trinajstić information content (AvgIpc) is 2.44. The molecule has 0 spiro atoms. The van der Waals surface area contributed by atoms with Crippen molar-refractivity contribution in [1.29, 1.82) is 0 Å². The van der Waals surface area contributed by atoms with Crippen LogP contribution in [0.2, 0.25) is 0 Å². The molecule has 0 saturated heterocycles. The van der Waals surface area contributed by atoms with Crippen LogP contribution < -0.4 is 4.90 Å². The molecule has 0 aliphatic carbocycles. The zero-order valence-electron chi connectivity index (χ0n) is 12.7. The second kappa shape index (κ2) is 4.53. The van der Waals surface area contributed by atoms with E-state index in [1.165, 1.54) is 0 Å². The van der Waals surface area contributed by atoms with E-state index in [-0.39, 0.29) is 11.5 Å². The number of aromatic hydroxyl groups is 1. The van der Waals surface area contributed by atoms with Gasteiger partial charge in [0.05, 0.1) is 0 Å². The lowest BCUT2D eigenvalue weighted by atomic mass is 10.0. The lowest BCUT2D eigenvalue weighted by Gasteiger charge is -2.39. The van der Waals surface area contributed by atoms with Crippen molar-refractivity contribution in [3.63, 3.8) is 0 Å². The van der Waals surface area contributed by atoms with E-state index in [0.29, 0.717) is 0 Å². The Labute approximate surface area is 126 Å². The first kappa shape index (κ1) is 14.0. The van der Waals surface area contributed by atoms with Crippen LogP contribution in [0.1, 0.15) is 15.9 Å². The number of rotatable bonds is 1. The van der Waals surface area contributed by atoms with Crippen molar-refractivity contribution < 1.29 is 9.90 Å². The first-order valence-electron chi connectivity index (χ1n) is 6.75. The molecule has 0 aromatic heterocycles. The minimum absolute atomic E-state index is 0.0529. The molecule has 110 valence electrons. The second-order valence-electron chi connectivity index (χ2n) is 5.91. The van der Waals surface area contributed by atoms with Gasteiger partial charge in [0, 0.05) is 40.7 Å². The minimum Gasteiger partial charge on any atom is -0.508 e. The van der Waals surface area contributed by atoms with Gasteiger partial charge in [0.15, 0.2) is 5.78 Å². The number of ketones is 1. The van der Waals surface area contributed by atoms with E-state index in [0.717, 1.165) is 26.6 Å². The molecule has 1 heterocycles. The van der Waals surface area contributed by atoms with Gasteiger partial charge in [-0.15, -0.1) is 0 Å². The van der Waals surface area contributed by atoms with Gasteiger partial charge in [0.1, 0.15) is 5.75 Å². The van der Waals surface area contributed by atoms with Crippen molar-refractivity contribution in [2.75, 3.05) is 31.5 Å². The molecule has 0 amide bonds. The van der Waals surface area contributed by atoms with Gasteiger partial charge in [-0.1, -0.05) is 0 Å². The van der Waals surface area contributed by atoms with Crippen molar-refractivity contribution in [2.45, 2.75) is 9.79 Å². The van der Waals surface area contributed by atoms with Gasteiger partial charge in [-0.05, 0) is 48.9 Å². The third-order valence-electron chi connectivity index (χ3n) is 4.04. The van der Waals surface area contributed by atoms with E-state index in [1.54, 1.807) is 18.2 Å². The van der Waals surface area contributed by atoms with Gasteiger partial charge in [0.25, 0.3) is 0 Å². The van der Waals surface area contributed by atoms with E-state index in [4.69, 9.17) is 0 Å². The van der Waals surface area contributed by atoms with Crippen molar-refractivity contribution in [3.8, 4) is 5.75 Å². The molecule has 0 radical (unpaired) electrons. The molecule has 1 N–H and O–H groups in total. The highest BCUT2D eigenvalue weighted by Crippen LogP contribution is 2.62. The third kappa shape index (κ3) is 2.02. The summed E-state index contributed by atoms with van der Waals surface area (Å²) in [5.74, 6) is 0.270. The van der Waals surface area contributed by atoms with Gasteiger partial charge in [-0.3, -0.25) is 4.79 Å². The summed E-state index contributed by atoms with van der Waals surface area (Å²) >= 11 is 0. The Morgan fingerprint density at radius 3 is 2.14 bits per heavy atom. The number of fused-ring (bicyclic) bond motifs is 2. The molecule has 2 aromatic carbocycles. The van der Waals surface area contributed by atoms with Crippen molar-refractivity contribution in [2.24, 2.45) is 0 Å². The van der Waals surface area contributed by atoms with Crippen LogP contribution in [0.4, 0.5) is 5.69 Å². The lowest BCUT2D eigenvalue weighted by Crippen LogP contribution is -2.18. The maximum atomic E-state index is 12.7. The van der Waals surface area contributed by atoms with Crippen LogP contribution in [-0.4, -0.2) is 37.5 Å². The normalized spacial score (nSPS) is 16.9. The van der Waals surface area contributed by atoms with E-state index >= 15 is 0 Å². The lowest BCUT2D eigenvalue weighted by molar-refractivity contribution is 0.103. The van der Waals surface area contributed by atoms with E-state index in [9.17, 15) is 9.90 Å². The molecule has 0 saturated carbocycles. The first-order valence-corrected chi connectivity index (χ1v) is 9.20. The number of nitrogens with zero attached hydrogens (tertiary/aromatic N) is 1. The average molecular weight is 301 g/mol. The Hall–Kier alpha value is -1.94. The molecular weight excluding hydrogens is 282 g/mol. The number of hydrogen-bond acceptors (Lipinski definition) is 3. The maximum Gasteiger partial charge on any atom is 0.195 e. The number of carbonyl (C=O) groups is 1. The van der Waals surface area contributed by atoms with Crippen LogP contribution in [0, 0.1) is 0 Å². The topological polar surface area (TPSA) is 40.5 Å². The molecule has 0 bridgehead atoms. The monoisotopic (exact) mass is 301 g/mol. The van der Waals surface area contributed by atoms with Crippen LogP contribution in [0.5, 0.6) is 5.75 Å². The van der Waals surface area contributed by atoms with Gasteiger partial charge >= 0.3 is 0 Å². The van der Waals surface area contributed by atoms with Gasteiger partial charge < -0.3 is 10.0 Å². The highest BCUT2D eigenvalue weighted by molar-refractivity contribution is 8.32. The first-order chi connectivity index (χ1) is 9.82. The molecule has 0 atom stereocenters. The standard InChI is InChI=1S/C17H19NO2S/c1-18(2)11-5-7-13-15(9-11)21(3,4)16-10-12(19)6-8-14(16)17(13)20/h5-10,19H,1-4H3. The quantitative estimate of drug-likeness (QED) is 0.876. The van der Waals surface area contributed by atoms with Crippen molar-refractivity contribution >= 4 is 21.5 Å². The molecule has 3 rings (SSSR count). The Bertz CT molecular complexity index is 750. The number of anilines is 1. The fourth-order valence-electron chi connectivity index (χ4n) is 2.78. The van der Waals surface area contributed by atoms with E-state index in [2.05, 4.69) is 18.6 Å². The molecule has 1 aliphatic rings. The van der Waals surface area contributed by atoms with Gasteiger partial charge in [-0.2, -0.15) is 10.0 Å². The summed E-state index contributed by atoms with van der Waals surface area (Å²) in [5, 5.41) is 9.79. The molecule has 3 nitrogen and oxygen atoms in total. The summed E-state index contributed by atoms with van der Waals surface area (Å²) in [5.41, 5.74) is 2.60. The predicted molar refractivity (Wildman–Crippen MR) is 88.3 cm³/mol. The summed E-state index contributed by atoms with van der Waals surface area (Å²) in [6.07, 6.45) is 4.35. The molecule has 1 aliphatic heterocycles. The fraction of sp³-hybridized carbons (Fsp3) is 0.235. The Morgan fingerprint density at radius 1 is 0.952 bits per heavy atom. The smallest absolute Gasteiger partial charge is 0.195 e. The summed E-state index contributed by atoms with van der Waals surface area (Å²) in [4.78, 5) is 16.8. The number of benzene rings is 2. The van der Waals surface area contributed by atoms with E-state index in [1.807, 2.05) is 31.1 Å². The SMILES string of the molecule is CN(C)c1ccc2c(c1)S(C)(C)c1cc(O)ccc1C2=O. The fourth-order valence-corrected chi connectivity index (χ4v) is 5.27. The zero-order valence-corrected chi connectivity index (χ0v) is 13.5.